The number of rotatable bonds is 7. The summed E-state index contributed by atoms with van der Waals surface area (Å²) in [5.41, 5.74) is 3.82. The first kappa shape index (κ1) is 20.7. The van der Waals surface area contributed by atoms with Crippen molar-refractivity contribution in [3.8, 4) is 0 Å². The molecule has 2 aromatic heterocycles. The number of ether oxygens (including phenoxy) is 1. The third-order valence-electron chi connectivity index (χ3n) is 4.73. The number of hydrogen-bond acceptors (Lipinski definition) is 4. The van der Waals surface area contributed by atoms with E-state index in [1.165, 1.54) is 6.26 Å². The number of aryl methyl sites for hydroxylation is 1. The SMILES string of the molecule is CCOC(=O)c1[nH]c(C)c(CN(Cc2ccc(Cl)cc2)C(=O)c2ccco2)c1C. The van der Waals surface area contributed by atoms with E-state index in [4.69, 9.17) is 20.8 Å². The molecule has 3 aromatic rings. The standard InChI is InChI=1S/C22H23ClN2O4/c1-4-28-22(27)20-14(2)18(15(3)24-20)13-25(21(26)19-6-5-11-29-19)12-16-7-9-17(23)10-8-16/h5-11,24H,4,12-13H2,1-3H3. The zero-order valence-corrected chi connectivity index (χ0v) is 17.4. The summed E-state index contributed by atoms with van der Waals surface area (Å²) in [6, 6.07) is 10.7. The summed E-state index contributed by atoms with van der Waals surface area (Å²) >= 11 is 5.98. The van der Waals surface area contributed by atoms with Gasteiger partial charge in [0.05, 0.1) is 12.9 Å². The topological polar surface area (TPSA) is 75.5 Å². The fourth-order valence-electron chi connectivity index (χ4n) is 3.19. The number of hydrogen-bond donors (Lipinski definition) is 1. The molecule has 0 saturated heterocycles. The minimum atomic E-state index is -0.402. The van der Waals surface area contributed by atoms with Crippen LogP contribution >= 0.6 is 11.6 Å². The number of H-pyrrole nitrogens is 1. The Morgan fingerprint density at radius 3 is 2.48 bits per heavy atom. The lowest BCUT2D eigenvalue weighted by molar-refractivity contribution is 0.0519. The Hall–Kier alpha value is -2.99. The third-order valence-corrected chi connectivity index (χ3v) is 4.98. The number of aromatic nitrogens is 1. The van der Waals surface area contributed by atoms with E-state index in [0.717, 1.165) is 22.4 Å². The Labute approximate surface area is 174 Å². The van der Waals surface area contributed by atoms with Gasteiger partial charge < -0.3 is 19.0 Å². The molecule has 0 radical (unpaired) electrons. The second kappa shape index (κ2) is 9.01. The maximum atomic E-state index is 13.1. The van der Waals surface area contributed by atoms with E-state index >= 15 is 0 Å². The molecule has 7 heteroatoms. The minimum absolute atomic E-state index is 0.234. The van der Waals surface area contributed by atoms with Crippen LogP contribution in [0.5, 0.6) is 0 Å². The Kier molecular flexibility index (Phi) is 6.44. The number of amides is 1. The zero-order valence-electron chi connectivity index (χ0n) is 16.6. The number of carbonyl (C=O) groups is 2. The van der Waals surface area contributed by atoms with E-state index in [2.05, 4.69) is 4.98 Å². The summed E-state index contributed by atoms with van der Waals surface area (Å²) < 4.78 is 10.4. The van der Waals surface area contributed by atoms with Crippen LogP contribution in [0.4, 0.5) is 0 Å². The summed E-state index contributed by atoms with van der Waals surface area (Å²) in [6.45, 7) is 6.47. The fraction of sp³-hybridized carbons (Fsp3) is 0.273. The molecule has 152 valence electrons. The number of furan rings is 1. The molecule has 1 amide bonds. The highest BCUT2D eigenvalue weighted by atomic mass is 35.5. The van der Waals surface area contributed by atoms with Gasteiger partial charge in [0.2, 0.25) is 0 Å². The van der Waals surface area contributed by atoms with Crippen LogP contribution in [-0.4, -0.2) is 28.4 Å². The maximum Gasteiger partial charge on any atom is 0.355 e. The lowest BCUT2D eigenvalue weighted by atomic mass is 10.1. The molecule has 29 heavy (non-hydrogen) atoms. The maximum absolute atomic E-state index is 13.1. The quantitative estimate of drug-likeness (QED) is 0.558. The average molecular weight is 415 g/mol. The van der Waals surface area contributed by atoms with Crippen LogP contribution < -0.4 is 0 Å². The van der Waals surface area contributed by atoms with Crippen LogP contribution in [0, 0.1) is 13.8 Å². The molecule has 0 bridgehead atoms. The fourth-order valence-corrected chi connectivity index (χ4v) is 3.32. The van der Waals surface area contributed by atoms with Gasteiger partial charge in [-0.1, -0.05) is 23.7 Å². The number of nitrogens with one attached hydrogen (secondary N) is 1. The summed E-state index contributed by atoms with van der Waals surface area (Å²) in [7, 11) is 0. The molecule has 2 heterocycles. The number of aromatic amines is 1. The van der Waals surface area contributed by atoms with Crippen LogP contribution in [0.2, 0.25) is 5.02 Å². The minimum Gasteiger partial charge on any atom is -0.461 e. The normalized spacial score (nSPS) is 10.8. The monoisotopic (exact) mass is 414 g/mol. The van der Waals surface area contributed by atoms with Crippen LogP contribution in [0.1, 0.15) is 50.4 Å². The highest BCUT2D eigenvalue weighted by molar-refractivity contribution is 6.30. The second-order valence-electron chi connectivity index (χ2n) is 6.71. The van der Waals surface area contributed by atoms with Gasteiger partial charge in [-0.3, -0.25) is 4.79 Å². The van der Waals surface area contributed by atoms with Crippen molar-refractivity contribution in [2.45, 2.75) is 33.9 Å². The number of halogens is 1. The molecule has 0 unspecified atom stereocenters. The lowest BCUT2D eigenvalue weighted by Crippen LogP contribution is -2.30. The van der Waals surface area contributed by atoms with Gasteiger partial charge in [0.25, 0.3) is 5.91 Å². The Morgan fingerprint density at radius 2 is 1.86 bits per heavy atom. The summed E-state index contributed by atoms with van der Waals surface area (Å²) in [5, 5.41) is 0.633. The van der Waals surface area contributed by atoms with Crippen molar-refractivity contribution in [3.63, 3.8) is 0 Å². The molecule has 0 aliphatic rings. The molecule has 1 N–H and O–H groups in total. The first-order valence-corrected chi connectivity index (χ1v) is 9.70. The second-order valence-corrected chi connectivity index (χ2v) is 7.15. The molecule has 1 aromatic carbocycles. The molecule has 0 saturated carbocycles. The smallest absolute Gasteiger partial charge is 0.355 e. The third kappa shape index (κ3) is 4.71. The molecular formula is C22H23ClN2O4. The molecule has 3 rings (SSSR count). The van der Waals surface area contributed by atoms with Gasteiger partial charge in [-0.25, -0.2) is 4.79 Å². The van der Waals surface area contributed by atoms with E-state index in [9.17, 15) is 9.59 Å². The highest BCUT2D eigenvalue weighted by Gasteiger charge is 2.24. The van der Waals surface area contributed by atoms with Gasteiger partial charge in [-0.2, -0.15) is 0 Å². The largest absolute Gasteiger partial charge is 0.461 e. The van der Waals surface area contributed by atoms with Crippen molar-refractivity contribution in [3.05, 3.63) is 81.5 Å². The average Bonchev–Trinajstić information content (AvgIpc) is 3.33. The highest BCUT2D eigenvalue weighted by Crippen LogP contribution is 2.23. The van der Waals surface area contributed by atoms with E-state index in [0.29, 0.717) is 30.4 Å². The predicted octanol–water partition coefficient (Wildman–Crippen LogP) is 4.90. The molecule has 0 aliphatic carbocycles. The van der Waals surface area contributed by atoms with Gasteiger partial charge in [0, 0.05) is 23.8 Å². The van der Waals surface area contributed by atoms with Gasteiger partial charge >= 0.3 is 5.97 Å². The number of esters is 1. The van der Waals surface area contributed by atoms with Crippen LogP contribution in [0.25, 0.3) is 0 Å². The number of nitrogens with zero attached hydrogens (tertiary/aromatic N) is 1. The molecule has 0 aliphatic heterocycles. The summed E-state index contributed by atoms with van der Waals surface area (Å²) in [6.07, 6.45) is 1.47. The van der Waals surface area contributed by atoms with E-state index < -0.39 is 5.97 Å². The van der Waals surface area contributed by atoms with Gasteiger partial charge in [0.1, 0.15) is 5.69 Å². The van der Waals surface area contributed by atoms with E-state index in [1.807, 2.05) is 26.0 Å². The van der Waals surface area contributed by atoms with Crippen molar-refractivity contribution >= 4 is 23.5 Å². The molecule has 0 spiro atoms. The van der Waals surface area contributed by atoms with Crippen molar-refractivity contribution in [2.75, 3.05) is 6.61 Å². The number of carbonyl (C=O) groups excluding carboxylic acids is 2. The molecule has 0 atom stereocenters. The van der Waals surface area contributed by atoms with Crippen molar-refractivity contribution in [1.29, 1.82) is 0 Å². The van der Waals surface area contributed by atoms with Crippen molar-refractivity contribution in [1.82, 2.24) is 9.88 Å². The summed E-state index contributed by atoms with van der Waals surface area (Å²) in [5.74, 6) is -0.376. The van der Waals surface area contributed by atoms with Gasteiger partial charge in [-0.15, -0.1) is 0 Å². The number of benzene rings is 1. The van der Waals surface area contributed by atoms with Crippen LogP contribution in [0.3, 0.4) is 0 Å². The zero-order chi connectivity index (χ0) is 21.0. The molecule has 6 nitrogen and oxygen atoms in total. The van der Waals surface area contributed by atoms with Crippen molar-refractivity contribution < 1.29 is 18.7 Å². The molecular weight excluding hydrogens is 392 g/mol. The Balaban J connectivity index is 1.91. The van der Waals surface area contributed by atoms with Crippen LogP contribution in [0.15, 0.2) is 47.1 Å². The van der Waals surface area contributed by atoms with Gasteiger partial charge in [0.15, 0.2) is 5.76 Å². The van der Waals surface area contributed by atoms with E-state index in [-0.39, 0.29) is 11.7 Å². The lowest BCUT2D eigenvalue weighted by Gasteiger charge is -2.22. The van der Waals surface area contributed by atoms with Crippen LogP contribution in [-0.2, 0) is 17.8 Å². The van der Waals surface area contributed by atoms with E-state index in [1.54, 1.807) is 36.1 Å². The molecule has 0 fully saturated rings. The Bertz CT molecular complexity index is 991. The Morgan fingerprint density at radius 1 is 1.14 bits per heavy atom. The van der Waals surface area contributed by atoms with Crippen molar-refractivity contribution in [2.24, 2.45) is 0 Å². The summed E-state index contributed by atoms with van der Waals surface area (Å²) in [4.78, 5) is 30.0. The predicted molar refractivity (Wildman–Crippen MR) is 110 cm³/mol. The first-order chi connectivity index (χ1) is 13.9. The van der Waals surface area contributed by atoms with Gasteiger partial charge in [-0.05, 0) is 61.7 Å². The first-order valence-electron chi connectivity index (χ1n) is 9.33.